The van der Waals surface area contributed by atoms with Gasteiger partial charge in [-0.2, -0.15) is 0 Å². The van der Waals surface area contributed by atoms with E-state index < -0.39 is 0 Å². The van der Waals surface area contributed by atoms with E-state index in [1.807, 2.05) is 48.5 Å². The second-order valence-corrected chi connectivity index (χ2v) is 7.16. The van der Waals surface area contributed by atoms with E-state index in [9.17, 15) is 0 Å². The van der Waals surface area contributed by atoms with Crippen LogP contribution in [0.25, 0.3) is 22.0 Å². The van der Waals surface area contributed by atoms with Crippen LogP contribution in [0.4, 0.5) is 0 Å². The molecule has 0 amide bonds. The van der Waals surface area contributed by atoms with Gasteiger partial charge in [0.2, 0.25) is 5.89 Å². The number of nitrogens with zero attached hydrogens (tertiary/aromatic N) is 2. The summed E-state index contributed by atoms with van der Waals surface area (Å²) in [5.41, 5.74) is 3.26. The van der Waals surface area contributed by atoms with Gasteiger partial charge in [0.1, 0.15) is 23.4 Å². The van der Waals surface area contributed by atoms with Crippen molar-refractivity contribution in [2.24, 2.45) is 0 Å². The lowest BCUT2D eigenvalue weighted by Crippen LogP contribution is -2.10. The average molecular weight is 332 g/mol. The van der Waals surface area contributed by atoms with Crippen LogP contribution in [-0.4, -0.2) is 9.97 Å². The summed E-state index contributed by atoms with van der Waals surface area (Å²) in [4.78, 5) is 9.20. The summed E-state index contributed by atoms with van der Waals surface area (Å²) in [5, 5.41) is 0.944. The van der Waals surface area contributed by atoms with Crippen LogP contribution in [0.1, 0.15) is 32.2 Å². The molecule has 0 bridgehead atoms. The van der Waals surface area contributed by atoms with Gasteiger partial charge in [0.15, 0.2) is 5.58 Å². The molecule has 0 saturated heterocycles. The standard InChI is InChI=1S/C21H20N2O2/c1-21(2,3)20-23-19-17(25-20)12-16(15-10-7-11-22-18(15)19)24-13-14-8-5-4-6-9-14/h4-12H,13H2,1-3H3. The van der Waals surface area contributed by atoms with Crippen LogP contribution in [0.5, 0.6) is 5.75 Å². The Morgan fingerprint density at radius 1 is 1.00 bits per heavy atom. The maximum absolute atomic E-state index is 6.08. The summed E-state index contributed by atoms with van der Waals surface area (Å²) < 4.78 is 12.1. The van der Waals surface area contributed by atoms with E-state index in [1.165, 1.54) is 0 Å². The van der Waals surface area contributed by atoms with Crippen LogP contribution < -0.4 is 4.74 Å². The van der Waals surface area contributed by atoms with Crippen LogP contribution in [0.3, 0.4) is 0 Å². The first-order valence-electron chi connectivity index (χ1n) is 8.38. The smallest absolute Gasteiger partial charge is 0.200 e. The van der Waals surface area contributed by atoms with Gasteiger partial charge < -0.3 is 9.15 Å². The van der Waals surface area contributed by atoms with Crippen molar-refractivity contribution in [3.05, 3.63) is 66.2 Å². The highest BCUT2D eigenvalue weighted by Crippen LogP contribution is 2.35. The minimum Gasteiger partial charge on any atom is -0.488 e. The Balaban J connectivity index is 1.82. The Morgan fingerprint density at radius 3 is 2.56 bits per heavy atom. The highest BCUT2D eigenvalue weighted by atomic mass is 16.5. The molecule has 0 N–H and O–H groups in total. The van der Waals surface area contributed by atoms with Gasteiger partial charge in [-0.05, 0) is 17.7 Å². The molecule has 0 aliphatic rings. The van der Waals surface area contributed by atoms with E-state index in [2.05, 4.69) is 30.7 Å². The Kier molecular flexibility index (Phi) is 3.68. The molecule has 0 radical (unpaired) electrons. The van der Waals surface area contributed by atoms with E-state index in [0.29, 0.717) is 18.1 Å². The summed E-state index contributed by atoms with van der Waals surface area (Å²) in [7, 11) is 0. The molecule has 4 heteroatoms. The van der Waals surface area contributed by atoms with E-state index in [1.54, 1.807) is 6.20 Å². The number of pyridine rings is 1. The summed E-state index contributed by atoms with van der Waals surface area (Å²) in [6, 6.07) is 15.9. The Labute approximate surface area is 146 Å². The van der Waals surface area contributed by atoms with E-state index in [0.717, 1.165) is 27.7 Å². The molecule has 0 atom stereocenters. The van der Waals surface area contributed by atoms with Crippen LogP contribution >= 0.6 is 0 Å². The Hall–Kier alpha value is -2.88. The molecule has 0 fully saturated rings. The average Bonchev–Trinajstić information content (AvgIpc) is 3.05. The maximum atomic E-state index is 6.08. The number of hydrogen-bond donors (Lipinski definition) is 0. The second-order valence-electron chi connectivity index (χ2n) is 7.16. The quantitative estimate of drug-likeness (QED) is 0.514. The van der Waals surface area contributed by atoms with Crippen LogP contribution in [-0.2, 0) is 12.0 Å². The fourth-order valence-electron chi connectivity index (χ4n) is 2.76. The molecule has 2 aromatic carbocycles. The largest absolute Gasteiger partial charge is 0.488 e. The molecule has 4 rings (SSSR count). The fourth-order valence-corrected chi connectivity index (χ4v) is 2.76. The first-order valence-corrected chi connectivity index (χ1v) is 8.38. The van der Waals surface area contributed by atoms with Gasteiger partial charge in [-0.3, -0.25) is 4.98 Å². The summed E-state index contributed by atoms with van der Waals surface area (Å²) in [6.45, 7) is 6.75. The maximum Gasteiger partial charge on any atom is 0.200 e. The fraction of sp³-hybridized carbons (Fsp3) is 0.238. The molecule has 0 unspecified atom stereocenters. The molecule has 4 aromatic rings. The minimum atomic E-state index is -0.162. The van der Waals surface area contributed by atoms with Crippen molar-refractivity contribution in [3.63, 3.8) is 0 Å². The van der Waals surface area contributed by atoms with Crippen molar-refractivity contribution in [3.8, 4) is 5.75 Å². The van der Waals surface area contributed by atoms with Crippen LogP contribution in [0.2, 0.25) is 0 Å². The van der Waals surface area contributed by atoms with Gasteiger partial charge >= 0.3 is 0 Å². The molecule has 2 heterocycles. The lowest BCUT2D eigenvalue weighted by molar-refractivity contribution is 0.310. The zero-order valence-electron chi connectivity index (χ0n) is 14.6. The Bertz CT molecular complexity index is 1030. The van der Waals surface area contributed by atoms with Crippen molar-refractivity contribution in [1.82, 2.24) is 9.97 Å². The molecule has 25 heavy (non-hydrogen) atoms. The van der Waals surface area contributed by atoms with Gasteiger partial charge in [0.05, 0.1) is 0 Å². The zero-order chi connectivity index (χ0) is 17.4. The zero-order valence-corrected chi connectivity index (χ0v) is 14.6. The number of rotatable bonds is 3. The third-order valence-electron chi connectivity index (χ3n) is 4.09. The number of hydrogen-bond acceptors (Lipinski definition) is 4. The predicted molar refractivity (Wildman–Crippen MR) is 98.8 cm³/mol. The predicted octanol–water partition coefficient (Wildman–Crippen LogP) is 5.25. The molecule has 0 saturated carbocycles. The van der Waals surface area contributed by atoms with E-state index in [-0.39, 0.29) is 5.41 Å². The third kappa shape index (κ3) is 2.95. The van der Waals surface area contributed by atoms with Crippen LogP contribution in [0, 0.1) is 0 Å². The molecule has 4 nitrogen and oxygen atoms in total. The highest BCUT2D eigenvalue weighted by molar-refractivity contribution is 6.04. The van der Waals surface area contributed by atoms with Crippen molar-refractivity contribution in [2.75, 3.05) is 0 Å². The van der Waals surface area contributed by atoms with Gasteiger partial charge in [0, 0.05) is 23.1 Å². The van der Waals surface area contributed by atoms with Crippen molar-refractivity contribution < 1.29 is 9.15 Å². The molecule has 0 aliphatic carbocycles. The molecule has 2 aromatic heterocycles. The molecular weight excluding hydrogens is 312 g/mol. The minimum absolute atomic E-state index is 0.162. The van der Waals surface area contributed by atoms with E-state index in [4.69, 9.17) is 9.15 Å². The van der Waals surface area contributed by atoms with Crippen molar-refractivity contribution in [2.45, 2.75) is 32.8 Å². The van der Waals surface area contributed by atoms with E-state index >= 15 is 0 Å². The third-order valence-corrected chi connectivity index (χ3v) is 4.09. The first kappa shape index (κ1) is 15.6. The van der Waals surface area contributed by atoms with Gasteiger partial charge in [0.25, 0.3) is 0 Å². The summed E-state index contributed by atoms with van der Waals surface area (Å²) >= 11 is 0. The van der Waals surface area contributed by atoms with Crippen molar-refractivity contribution >= 4 is 22.0 Å². The summed E-state index contributed by atoms with van der Waals surface area (Å²) in [6.07, 6.45) is 1.77. The highest BCUT2D eigenvalue weighted by Gasteiger charge is 2.23. The number of fused-ring (bicyclic) bond motifs is 3. The molecular formula is C21H20N2O2. The number of oxazole rings is 1. The first-order chi connectivity index (χ1) is 12.0. The number of benzene rings is 2. The van der Waals surface area contributed by atoms with Crippen LogP contribution in [0.15, 0.2) is 59.1 Å². The van der Waals surface area contributed by atoms with Gasteiger partial charge in [-0.15, -0.1) is 0 Å². The number of aromatic nitrogens is 2. The molecule has 0 spiro atoms. The number of ether oxygens (including phenoxy) is 1. The lowest BCUT2D eigenvalue weighted by Gasteiger charge is -2.11. The normalized spacial score (nSPS) is 12.0. The SMILES string of the molecule is CC(C)(C)c1nc2c(cc(OCc3ccccc3)c3cccnc32)o1. The monoisotopic (exact) mass is 332 g/mol. The molecule has 0 aliphatic heterocycles. The topological polar surface area (TPSA) is 48.2 Å². The Morgan fingerprint density at radius 2 is 1.80 bits per heavy atom. The second kappa shape index (κ2) is 5.88. The van der Waals surface area contributed by atoms with Gasteiger partial charge in [-0.25, -0.2) is 4.98 Å². The molecule has 126 valence electrons. The summed E-state index contributed by atoms with van der Waals surface area (Å²) in [5.74, 6) is 1.46. The van der Waals surface area contributed by atoms with Gasteiger partial charge in [-0.1, -0.05) is 51.1 Å². The van der Waals surface area contributed by atoms with Crippen molar-refractivity contribution in [1.29, 1.82) is 0 Å². The lowest BCUT2D eigenvalue weighted by atomic mass is 9.97.